The largest absolute Gasteiger partial charge is 0.497 e. The summed E-state index contributed by atoms with van der Waals surface area (Å²) >= 11 is 0. The number of anilines is 2. The third kappa shape index (κ3) is 2.40. The second kappa shape index (κ2) is 4.61. The fourth-order valence-corrected chi connectivity index (χ4v) is 2.48. The van der Waals surface area contributed by atoms with Crippen molar-refractivity contribution in [2.24, 2.45) is 0 Å². The molecule has 0 aliphatic heterocycles. The van der Waals surface area contributed by atoms with Crippen molar-refractivity contribution in [2.75, 3.05) is 17.6 Å². The minimum atomic E-state index is -3.63. The van der Waals surface area contributed by atoms with Crippen molar-refractivity contribution in [3.05, 3.63) is 36.7 Å². The third-order valence-electron chi connectivity index (χ3n) is 2.38. The number of hydrogen-bond donors (Lipinski definition) is 3. The Bertz CT molecular complexity index is 636. The van der Waals surface area contributed by atoms with Gasteiger partial charge in [-0.3, -0.25) is 4.72 Å². The van der Waals surface area contributed by atoms with Gasteiger partial charge in [-0.2, -0.15) is 0 Å². The molecule has 0 unspecified atom stereocenters. The summed E-state index contributed by atoms with van der Waals surface area (Å²) < 4.78 is 31.4. The van der Waals surface area contributed by atoms with E-state index in [1.807, 2.05) is 0 Å². The number of nitrogen functional groups attached to an aromatic ring is 1. The Hall–Kier alpha value is -2.15. The number of methoxy groups -OCH3 is 1. The number of rotatable bonds is 4. The normalized spacial score (nSPS) is 11.2. The van der Waals surface area contributed by atoms with Crippen LogP contribution in [0.2, 0.25) is 0 Å². The van der Waals surface area contributed by atoms with Crippen LogP contribution in [0.4, 0.5) is 11.4 Å². The molecule has 0 radical (unpaired) electrons. The molecule has 96 valence electrons. The van der Waals surface area contributed by atoms with Crippen LogP contribution in [0.25, 0.3) is 0 Å². The lowest BCUT2D eigenvalue weighted by Crippen LogP contribution is -2.13. The minimum Gasteiger partial charge on any atom is -0.497 e. The lowest BCUT2D eigenvalue weighted by Gasteiger charge is -2.10. The van der Waals surface area contributed by atoms with Crippen molar-refractivity contribution >= 4 is 21.4 Å². The summed E-state index contributed by atoms with van der Waals surface area (Å²) in [6, 6.07) is 6.22. The van der Waals surface area contributed by atoms with E-state index in [1.165, 1.54) is 31.6 Å². The van der Waals surface area contributed by atoms with Gasteiger partial charge in [0.2, 0.25) is 0 Å². The number of nitrogens with two attached hydrogens (primary N) is 1. The van der Waals surface area contributed by atoms with Crippen LogP contribution in [0.3, 0.4) is 0 Å². The van der Waals surface area contributed by atoms with Crippen molar-refractivity contribution in [3.63, 3.8) is 0 Å². The fourth-order valence-electron chi connectivity index (χ4n) is 1.43. The lowest BCUT2D eigenvalue weighted by atomic mass is 10.2. The van der Waals surface area contributed by atoms with Crippen LogP contribution >= 0.6 is 0 Å². The van der Waals surface area contributed by atoms with E-state index in [2.05, 4.69) is 9.71 Å². The molecule has 1 aromatic heterocycles. The number of ether oxygens (including phenoxy) is 1. The van der Waals surface area contributed by atoms with Crippen molar-refractivity contribution in [3.8, 4) is 5.75 Å². The monoisotopic (exact) mass is 267 g/mol. The average molecular weight is 267 g/mol. The second-order valence-electron chi connectivity index (χ2n) is 3.61. The van der Waals surface area contributed by atoms with E-state index in [1.54, 1.807) is 12.1 Å². The maximum absolute atomic E-state index is 12.0. The molecule has 0 amide bonds. The standard InChI is InChI=1S/C11H13N3O3S/c1-17-8-2-3-10(12)11(6-8)14-18(15,16)9-4-5-13-7-9/h2-7,13-14H,12H2,1H3. The van der Waals surface area contributed by atoms with E-state index in [0.29, 0.717) is 11.4 Å². The first-order chi connectivity index (χ1) is 8.53. The molecule has 1 aromatic carbocycles. The van der Waals surface area contributed by atoms with Crippen LogP contribution in [0.5, 0.6) is 5.75 Å². The summed E-state index contributed by atoms with van der Waals surface area (Å²) in [6.45, 7) is 0. The molecule has 7 heteroatoms. The Morgan fingerprint density at radius 3 is 2.72 bits per heavy atom. The maximum Gasteiger partial charge on any atom is 0.263 e. The topological polar surface area (TPSA) is 97.2 Å². The lowest BCUT2D eigenvalue weighted by molar-refractivity contribution is 0.415. The van der Waals surface area contributed by atoms with Gasteiger partial charge in [-0.25, -0.2) is 8.42 Å². The predicted octanol–water partition coefficient (Wildman–Crippen LogP) is 1.41. The van der Waals surface area contributed by atoms with E-state index in [-0.39, 0.29) is 10.6 Å². The van der Waals surface area contributed by atoms with Gasteiger partial charge < -0.3 is 15.5 Å². The first-order valence-electron chi connectivity index (χ1n) is 5.12. The quantitative estimate of drug-likeness (QED) is 0.729. The molecule has 0 aliphatic carbocycles. The SMILES string of the molecule is COc1ccc(N)c(NS(=O)(=O)c2cc[nH]c2)c1. The van der Waals surface area contributed by atoms with Crippen molar-refractivity contribution in [1.82, 2.24) is 4.98 Å². The van der Waals surface area contributed by atoms with E-state index in [4.69, 9.17) is 10.5 Å². The molecule has 2 aromatic rings. The van der Waals surface area contributed by atoms with Gasteiger partial charge in [-0.1, -0.05) is 0 Å². The molecule has 2 rings (SSSR count). The number of H-pyrrole nitrogens is 1. The highest BCUT2D eigenvalue weighted by atomic mass is 32.2. The highest BCUT2D eigenvalue weighted by molar-refractivity contribution is 7.92. The third-order valence-corrected chi connectivity index (χ3v) is 3.75. The molecule has 0 atom stereocenters. The first kappa shape index (κ1) is 12.3. The molecule has 0 spiro atoms. The van der Waals surface area contributed by atoms with Crippen molar-refractivity contribution < 1.29 is 13.2 Å². The summed E-state index contributed by atoms with van der Waals surface area (Å²) in [5, 5.41) is 0. The number of benzene rings is 1. The molecule has 0 aliphatic rings. The fraction of sp³-hybridized carbons (Fsp3) is 0.0909. The van der Waals surface area contributed by atoms with Crippen molar-refractivity contribution in [2.45, 2.75) is 4.90 Å². The summed E-state index contributed by atoms with van der Waals surface area (Å²) in [7, 11) is -2.14. The Kier molecular flexibility index (Phi) is 3.15. The smallest absolute Gasteiger partial charge is 0.263 e. The molecule has 0 saturated carbocycles. The van der Waals surface area contributed by atoms with Crippen molar-refractivity contribution in [1.29, 1.82) is 0 Å². The highest BCUT2D eigenvalue weighted by Crippen LogP contribution is 2.26. The number of aromatic amines is 1. The summed E-state index contributed by atoms with van der Waals surface area (Å²) in [5.41, 5.74) is 6.33. The number of hydrogen-bond acceptors (Lipinski definition) is 4. The Labute approximate surface area is 105 Å². The van der Waals surface area contributed by atoms with E-state index in [9.17, 15) is 8.42 Å². The molecule has 0 fully saturated rings. The summed E-state index contributed by atoms with van der Waals surface area (Å²) in [5.74, 6) is 0.524. The zero-order valence-corrected chi connectivity index (χ0v) is 10.5. The van der Waals surface area contributed by atoms with Crippen LogP contribution in [-0.4, -0.2) is 20.5 Å². The second-order valence-corrected chi connectivity index (χ2v) is 5.29. The zero-order chi connectivity index (χ0) is 13.2. The van der Waals surface area contributed by atoms with E-state index in [0.717, 1.165) is 0 Å². The summed E-state index contributed by atoms with van der Waals surface area (Å²) in [6.07, 6.45) is 2.92. The van der Waals surface area contributed by atoms with Gasteiger partial charge in [0.1, 0.15) is 10.6 Å². The van der Waals surface area contributed by atoms with Gasteiger partial charge in [0.05, 0.1) is 18.5 Å². The molecule has 6 nitrogen and oxygen atoms in total. The Morgan fingerprint density at radius 1 is 1.33 bits per heavy atom. The molecular formula is C11H13N3O3S. The van der Waals surface area contributed by atoms with E-state index < -0.39 is 10.0 Å². The van der Waals surface area contributed by atoms with Crippen LogP contribution in [-0.2, 0) is 10.0 Å². The van der Waals surface area contributed by atoms with Gasteiger partial charge in [0.25, 0.3) is 10.0 Å². The highest BCUT2D eigenvalue weighted by Gasteiger charge is 2.16. The van der Waals surface area contributed by atoms with Crippen LogP contribution < -0.4 is 15.2 Å². The molecule has 4 N–H and O–H groups in total. The maximum atomic E-state index is 12.0. The Balaban J connectivity index is 2.35. The number of sulfonamides is 1. The zero-order valence-electron chi connectivity index (χ0n) is 9.67. The Morgan fingerprint density at radius 2 is 2.11 bits per heavy atom. The number of nitrogens with one attached hydrogen (secondary N) is 2. The predicted molar refractivity (Wildman–Crippen MR) is 69.0 cm³/mol. The molecule has 0 saturated heterocycles. The average Bonchev–Trinajstić information content (AvgIpc) is 2.86. The molecule has 0 bridgehead atoms. The molecular weight excluding hydrogens is 254 g/mol. The van der Waals surface area contributed by atoms with Crippen LogP contribution in [0.1, 0.15) is 0 Å². The number of aromatic nitrogens is 1. The van der Waals surface area contributed by atoms with Gasteiger partial charge in [-0.05, 0) is 18.2 Å². The van der Waals surface area contributed by atoms with Gasteiger partial charge >= 0.3 is 0 Å². The van der Waals surface area contributed by atoms with Gasteiger partial charge in [0, 0.05) is 18.5 Å². The van der Waals surface area contributed by atoms with Gasteiger partial charge in [-0.15, -0.1) is 0 Å². The van der Waals surface area contributed by atoms with Crippen LogP contribution in [0.15, 0.2) is 41.6 Å². The summed E-state index contributed by atoms with van der Waals surface area (Å²) in [4.78, 5) is 2.83. The van der Waals surface area contributed by atoms with Crippen LogP contribution in [0, 0.1) is 0 Å². The minimum absolute atomic E-state index is 0.143. The van der Waals surface area contributed by atoms with Gasteiger partial charge in [0.15, 0.2) is 0 Å². The van der Waals surface area contributed by atoms with E-state index >= 15 is 0 Å². The first-order valence-corrected chi connectivity index (χ1v) is 6.60. The molecule has 1 heterocycles. The molecule has 18 heavy (non-hydrogen) atoms.